The Labute approximate surface area is 102 Å². The third kappa shape index (κ3) is 2.77. The molecule has 2 aliphatic rings. The van der Waals surface area contributed by atoms with E-state index in [-0.39, 0.29) is 23.8 Å². The molecule has 0 saturated carbocycles. The quantitative estimate of drug-likeness (QED) is 0.559. The largest absolute Gasteiger partial charge is 0.550 e. The molecule has 4 atom stereocenters. The molecule has 0 aromatic carbocycles. The topological polar surface area (TPSA) is 108 Å². The number of hydrogen-bond donors (Lipinski definition) is 2. The number of carbonyl (C=O) groups excluding carboxylic acids is 1. The van der Waals surface area contributed by atoms with E-state index < -0.39 is 16.8 Å². The van der Waals surface area contributed by atoms with Crippen LogP contribution in [0.3, 0.4) is 0 Å². The van der Waals surface area contributed by atoms with Gasteiger partial charge in [0.05, 0.1) is 17.3 Å². The summed E-state index contributed by atoms with van der Waals surface area (Å²) in [5.74, 6) is -0.0170. The van der Waals surface area contributed by atoms with E-state index in [4.69, 9.17) is 5.73 Å². The van der Waals surface area contributed by atoms with Crippen molar-refractivity contribution >= 4 is 22.7 Å². The first-order chi connectivity index (χ1) is 8.08. The van der Waals surface area contributed by atoms with E-state index in [0.29, 0.717) is 18.1 Å². The molecule has 3 N–H and O–H groups in total. The van der Waals surface area contributed by atoms with Gasteiger partial charge in [-0.15, -0.1) is 0 Å². The van der Waals surface area contributed by atoms with Crippen molar-refractivity contribution in [2.75, 3.05) is 5.75 Å². The normalized spacial score (nSPS) is 35.2. The zero-order valence-electron chi connectivity index (χ0n) is 9.43. The summed E-state index contributed by atoms with van der Waals surface area (Å²) in [6, 6.07) is 0.0979. The Kier molecular flexibility index (Phi) is 3.66. The molecule has 0 aromatic rings. The van der Waals surface area contributed by atoms with Gasteiger partial charge >= 0.3 is 0 Å². The maximum atomic E-state index is 11.9. The van der Waals surface area contributed by atoms with E-state index in [2.05, 4.69) is 10.3 Å². The molecule has 0 amide bonds. The molecular weight excluding hydrogens is 242 g/mol. The van der Waals surface area contributed by atoms with Gasteiger partial charge in [0.1, 0.15) is 0 Å². The lowest BCUT2D eigenvalue weighted by atomic mass is 10.0. The number of guanidine groups is 1. The van der Waals surface area contributed by atoms with E-state index >= 15 is 0 Å². The Balaban J connectivity index is 1.83. The molecule has 7 heteroatoms. The predicted molar refractivity (Wildman–Crippen MR) is 62.6 cm³/mol. The van der Waals surface area contributed by atoms with Crippen molar-refractivity contribution in [1.29, 1.82) is 0 Å². The third-order valence-electron chi connectivity index (χ3n) is 3.22. The summed E-state index contributed by atoms with van der Waals surface area (Å²) in [6.07, 6.45) is 2.11. The lowest BCUT2D eigenvalue weighted by Crippen LogP contribution is -2.38. The van der Waals surface area contributed by atoms with Gasteiger partial charge in [0.15, 0.2) is 5.96 Å². The van der Waals surface area contributed by atoms with Crippen LogP contribution in [0.2, 0.25) is 0 Å². The number of rotatable bonds is 5. The van der Waals surface area contributed by atoms with Crippen LogP contribution in [0.25, 0.3) is 0 Å². The minimum absolute atomic E-state index is 0.00112. The van der Waals surface area contributed by atoms with Crippen LogP contribution in [0.4, 0.5) is 0 Å². The van der Waals surface area contributed by atoms with Crippen molar-refractivity contribution < 1.29 is 14.1 Å². The number of aliphatic imine (C=N–C) groups is 1. The summed E-state index contributed by atoms with van der Waals surface area (Å²) in [7, 11) is -0.887. The summed E-state index contributed by atoms with van der Waals surface area (Å²) in [4.78, 5) is 14.5. The Hall–Kier alpha value is -1.11. The van der Waals surface area contributed by atoms with Crippen LogP contribution in [-0.2, 0) is 15.6 Å². The van der Waals surface area contributed by atoms with Crippen LogP contribution < -0.4 is 16.2 Å². The predicted octanol–water partition coefficient (Wildman–Crippen LogP) is -1.92. The highest BCUT2D eigenvalue weighted by molar-refractivity contribution is 7.86. The van der Waals surface area contributed by atoms with E-state index in [1.54, 1.807) is 0 Å². The first-order valence-corrected chi connectivity index (χ1v) is 7.13. The zero-order chi connectivity index (χ0) is 12.4. The van der Waals surface area contributed by atoms with Crippen molar-refractivity contribution in [3.8, 4) is 0 Å². The summed E-state index contributed by atoms with van der Waals surface area (Å²) in [5.41, 5.74) is 5.58. The molecule has 1 unspecified atom stereocenters. The third-order valence-corrected chi connectivity index (χ3v) is 5.09. The minimum atomic E-state index is -1.03. The van der Waals surface area contributed by atoms with Gasteiger partial charge in [-0.05, 0) is 19.3 Å². The van der Waals surface area contributed by atoms with Gasteiger partial charge in [-0.2, -0.15) is 0 Å². The highest BCUT2D eigenvalue weighted by atomic mass is 32.2. The lowest BCUT2D eigenvalue weighted by Gasteiger charge is -2.13. The van der Waals surface area contributed by atoms with Crippen molar-refractivity contribution in [3.63, 3.8) is 0 Å². The summed E-state index contributed by atoms with van der Waals surface area (Å²) < 4.78 is 11.9. The van der Waals surface area contributed by atoms with Crippen molar-refractivity contribution in [2.45, 2.75) is 43.0 Å². The maximum absolute atomic E-state index is 11.9. The summed E-state index contributed by atoms with van der Waals surface area (Å²) in [6.45, 7) is 0. The molecule has 0 aliphatic carbocycles. The van der Waals surface area contributed by atoms with Gasteiger partial charge in [0.25, 0.3) is 0 Å². The maximum Gasteiger partial charge on any atom is 0.189 e. The Morgan fingerprint density at radius 2 is 2.35 bits per heavy atom. The molecule has 0 radical (unpaired) electrons. The number of unbranched alkanes of at least 4 members (excludes halogenated alkanes) is 1. The van der Waals surface area contributed by atoms with E-state index in [0.717, 1.165) is 12.8 Å². The fraction of sp³-hybridized carbons (Fsp3) is 0.800. The molecule has 1 saturated heterocycles. The highest BCUT2D eigenvalue weighted by Crippen LogP contribution is 2.27. The van der Waals surface area contributed by atoms with Crippen molar-refractivity contribution in [2.24, 2.45) is 10.7 Å². The van der Waals surface area contributed by atoms with Gasteiger partial charge in [0, 0.05) is 22.5 Å². The molecule has 1 fully saturated rings. The first-order valence-electron chi connectivity index (χ1n) is 5.75. The number of nitrogens with zero attached hydrogens (tertiary/aromatic N) is 1. The number of aliphatic carboxylic acids is 1. The molecule has 0 aromatic heterocycles. The Morgan fingerprint density at radius 3 is 3.06 bits per heavy atom. The SMILES string of the molecule is NC1=N[C@H]2[C@H](CS(=O)[C@H]2CCCCC(=O)[O-])N1. The molecule has 0 spiro atoms. The van der Waals surface area contributed by atoms with Crippen LogP contribution >= 0.6 is 0 Å². The number of carbonyl (C=O) groups is 1. The van der Waals surface area contributed by atoms with E-state index in [1.807, 2.05) is 0 Å². The van der Waals surface area contributed by atoms with Crippen LogP contribution in [0.5, 0.6) is 0 Å². The van der Waals surface area contributed by atoms with Gasteiger partial charge in [-0.25, -0.2) is 4.99 Å². The van der Waals surface area contributed by atoms with Crippen LogP contribution in [-0.4, -0.2) is 39.2 Å². The van der Waals surface area contributed by atoms with Crippen LogP contribution in [0.1, 0.15) is 25.7 Å². The van der Waals surface area contributed by atoms with Crippen LogP contribution in [0.15, 0.2) is 4.99 Å². The number of carboxylic acid groups (broad SMARTS) is 1. The first kappa shape index (κ1) is 12.3. The molecule has 2 rings (SSSR count). The smallest absolute Gasteiger partial charge is 0.189 e. The Bertz CT molecular complexity index is 372. The monoisotopic (exact) mass is 258 g/mol. The van der Waals surface area contributed by atoms with E-state index in [1.165, 1.54) is 0 Å². The number of hydrogen-bond acceptors (Lipinski definition) is 6. The van der Waals surface area contributed by atoms with Crippen molar-refractivity contribution in [3.05, 3.63) is 0 Å². The zero-order valence-corrected chi connectivity index (χ0v) is 10.2. The lowest BCUT2D eigenvalue weighted by molar-refractivity contribution is -0.305. The Morgan fingerprint density at radius 1 is 1.59 bits per heavy atom. The minimum Gasteiger partial charge on any atom is -0.550 e. The second-order valence-corrected chi connectivity index (χ2v) is 6.16. The second kappa shape index (κ2) is 5.03. The van der Waals surface area contributed by atoms with Gasteiger partial charge < -0.3 is 21.0 Å². The van der Waals surface area contributed by atoms with E-state index in [9.17, 15) is 14.1 Å². The van der Waals surface area contributed by atoms with Gasteiger partial charge in [-0.3, -0.25) is 4.21 Å². The molecule has 17 heavy (non-hydrogen) atoms. The van der Waals surface area contributed by atoms with Crippen LogP contribution in [0, 0.1) is 0 Å². The highest BCUT2D eigenvalue weighted by Gasteiger charge is 2.44. The number of nitrogens with one attached hydrogen (secondary N) is 1. The molecule has 2 aliphatic heterocycles. The molecular formula is C10H16N3O3S-. The van der Waals surface area contributed by atoms with Gasteiger partial charge in [0.2, 0.25) is 0 Å². The number of carboxylic acids is 1. The fourth-order valence-corrected chi connectivity index (χ4v) is 4.29. The van der Waals surface area contributed by atoms with Crippen molar-refractivity contribution in [1.82, 2.24) is 5.32 Å². The average Bonchev–Trinajstić information content (AvgIpc) is 2.69. The molecule has 6 nitrogen and oxygen atoms in total. The second-order valence-electron chi connectivity index (χ2n) is 4.46. The van der Waals surface area contributed by atoms with Gasteiger partial charge in [-0.1, -0.05) is 6.42 Å². The average molecular weight is 258 g/mol. The number of fused-ring (bicyclic) bond motifs is 1. The standard InChI is InChI=1S/C10H17N3O3S/c11-10-12-6-5-17(16)7(9(6)13-10)3-1-2-4-8(14)15/h6-7,9H,1-5H2,(H,14,15)(H3,11,12,13)/p-1/t6-,7-,9-,17?/m0/s1. The summed E-state index contributed by atoms with van der Waals surface area (Å²) >= 11 is 0. The number of nitrogens with two attached hydrogens (primary N) is 1. The molecule has 2 heterocycles. The fourth-order valence-electron chi connectivity index (χ4n) is 2.42. The molecule has 96 valence electrons. The summed E-state index contributed by atoms with van der Waals surface area (Å²) in [5, 5.41) is 13.3. The molecule has 0 bridgehead atoms.